The number of H-pyrrole nitrogens is 1. The molecule has 20 heavy (non-hydrogen) atoms. The molecule has 0 radical (unpaired) electrons. The topological polar surface area (TPSA) is 58.2 Å². The molecule has 1 aliphatic rings. The second-order valence-corrected chi connectivity index (χ2v) is 6.06. The molecule has 0 spiro atoms. The highest BCUT2D eigenvalue weighted by Gasteiger charge is 2.27. The van der Waals surface area contributed by atoms with Crippen molar-refractivity contribution in [1.29, 1.82) is 0 Å². The van der Waals surface area contributed by atoms with Crippen molar-refractivity contribution in [2.45, 2.75) is 26.1 Å². The number of rotatable bonds is 2. The summed E-state index contributed by atoms with van der Waals surface area (Å²) in [5.41, 5.74) is 1.35. The standard InChI is InChI=1S/C14H17N3O2S/c1-9-7-17(8-10(2)19-9)14(18)12-6-11(15-16-12)13-4-3-5-20-13/h3-6,9-10H,7-8H2,1-2H3,(H,15,16). The molecule has 1 fully saturated rings. The molecule has 1 N–H and O–H groups in total. The number of carbonyl (C=O) groups excluding carboxylic acids is 1. The van der Waals surface area contributed by atoms with Gasteiger partial charge in [-0.15, -0.1) is 11.3 Å². The van der Waals surface area contributed by atoms with Gasteiger partial charge in [-0.1, -0.05) is 6.07 Å². The molecule has 0 saturated carbocycles. The van der Waals surface area contributed by atoms with Crippen molar-refractivity contribution in [1.82, 2.24) is 15.1 Å². The fraction of sp³-hybridized carbons (Fsp3) is 0.429. The quantitative estimate of drug-likeness (QED) is 0.924. The number of ether oxygens (including phenoxy) is 1. The van der Waals surface area contributed by atoms with Crippen LogP contribution in [0.1, 0.15) is 24.3 Å². The van der Waals surface area contributed by atoms with Crippen LogP contribution in [0, 0.1) is 0 Å². The zero-order valence-corrected chi connectivity index (χ0v) is 12.3. The average molecular weight is 291 g/mol. The van der Waals surface area contributed by atoms with Gasteiger partial charge in [-0.25, -0.2) is 0 Å². The maximum Gasteiger partial charge on any atom is 0.274 e. The molecule has 0 aliphatic carbocycles. The van der Waals surface area contributed by atoms with Gasteiger partial charge in [-0.05, 0) is 31.4 Å². The van der Waals surface area contributed by atoms with Crippen molar-refractivity contribution in [2.24, 2.45) is 0 Å². The van der Waals surface area contributed by atoms with E-state index in [-0.39, 0.29) is 18.1 Å². The van der Waals surface area contributed by atoms with E-state index in [2.05, 4.69) is 10.2 Å². The monoisotopic (exact) mass is 291 g/mol. The zero-order chi connectivity index (χ0) is 14.1. The molecule has 2 aromatic heterocycles. The SMILES string of the molecule is CC1CN(C(=O)c2cc(-c3cccs3)[nH]n2)CC(C)O1. The number of thiophene rings is 1. The van der Waals surface area contributed by atoms with E-state index in [0.29, 0.717) is 18.8 Å². The number of carbonyl (C=O) groups is 1. The Morgan fingerprint density at radius 2 is 2.20 bits per heavy atom. The van der Waals surface area contributed by atoms with Crippen LogP contribution in [0.4, 0.5) is 0 Å². The molecule has 1 aliphatic heterocycles. The molecule has 2 aromatic rings. The van der Waals surface area contributed by atoms with Crippen LogP contribution >= 0.6 is 11.3 Å². The highest BCUT2D eigenvalue weighted by atomic mass is 32.1. The third-order valence-corrected chi connectivity index (χ3v) is 4.19. The minimum absolute atomic E-state index is 0.0361. The van der Waals surface area contributed by atoms with Crippen LogP contribution in [-0.4, -0.2) is 46.3 Å². The van der Waals surface area contributed by atoms with Gasteiger partial charge in [0.05, 0.1) is 22.8 Å². The molecule has 3 heterocycles. The fourth-order valence-electron chi connectivity index (χ4n) is 2.50. The van der Waals surface area contributed by atoms with Gasteiger partial charge in [-0.2, -0.15) is 5.10 Å². The Labute approximate surface area is 121 Å². The van der Waals surface area contributed by atoms with Gasteiger partial charge in [-0.3, -0.25) is 9.89 Å². The van der Waals surface area contributed by atoms with Crippen molar-refractivity contribution in [2.75, 3.05) is 13.1 Å². The van der Waals surface area contributed by atoms with Gasteiger partial charge < -0.3 is 9.64 Å². The Bertz CT molecular complexity index is 583. The van der Waals surface area contributed by atoms with Gasteiger partial charge in [0.15, 0.2) is 5.69 Å². The Morgan fingerprint density at radius 3 is 2.85 bits per heavy atom. The van der Waals surface area contributed by atoms with E-state index in [1.54, 1.807) is 11.3 Å². The van der Waals surface area contributed by atoms with E-state index in [4.69, 9.17) is 4.74 Å². The summed E-state index contributed by atoms with van der Waals surface area (Å²) >= 11 is 1.62. The van der Waals surface area contributed by atoms with Crippen LogP contribution in [0.2, 0.25) is 0 Å². The normalized spacial score (nSPS) is 23.0. The van der Waals surface area contributed by atoms with E-state index >= 15 is 0 Å². The van der Waals surface area contributed by atoms with Crippen LogP contribution in [0.5, 0.6) is 0 Å². The molecule has 1 amide bonds. The van der Waals surface area contributed by atoms with E-state index in [0.717, 1.165) is 10.6 Å². The number of nitrogens with one attached hydrogen (secondary N) is 1. The predicted octanol–water partition coefficient (Wildman–Crippen LogP) is 2.39. The number of aromatic nitrogens is 2. The molecule has 106 valence electrons. The van der Waals surface area contributed by atoms with Crippen molar-refractivity contribution >= 4 is 17.2 Å². The first kappa shape index (κ1) is 13.3. The largest absolute Gasteiger partial charge is 0.372 e. The Kier molecular flexibility index (Phi) is 3.58. The zero-order valence-electron chi connectivity index (χ0n) is 11.5. The summed E-state index contributed by atoms with van der Waals surface area (Å²) in [5, 5.41) is 9.08. The summed E-state index contributed by atoms with van der Waals surface area (Å²) in [7, 11) is 0. The molecule has 0 bridgehead atoms. The Hall–Kier alpha value is -1.66. The second kappa shape index (κ2) is 5.38. The maximum absolute atomic E-state index is 12.5. The summed E-state index contributed by atoms with van der Waals surface area (Å²) in [6, 6.07) is 5.80. The van der Waals surface area contributed by atoms with Gasteiger partial charge in [0.25, 0.3) is 5.91 Å². The summed E-state index contributed by atoms with van der Waals surface area (Å²) < 4.78 is 5.65. The minimum Gasteiger partial charge on any atom is -0.372 e. The lowest BCUT2D eigenvalue weighted by atomic mass is 10.2. The van der Waals surface area contributed by atoms with Crippen LogP contribution in [0.15, 0.2) is 23.6 Å². The van der Waals surface area contributed by atoms with Crippen molar-refractivity contribution in [3.63, 3.8) is 0 Å². The van der Waals surface area contributed by atoms with Crippen molar-refractivity contribution in [3.05, 3.63) is 29.3 Å². The Balaban J connectivity index is 1.77. The van der Waals surface area contributed by atoms with E-state index in [9.17, 15) is 4.79 Å². The lowest BCUT2D eigenvalue weighted by Crippen LogP contribution is -2.48. The van der Waals surface area contributed by atoms with Crippen LogP contribution in [0.25, 0.3) is 10.6 Å². The predicted molar refractivity (Wildman–Crippen MR) is 77.8 cm³/mol. The van der Waals surface area contributed by atoms with Crippen molar-refractivity contribution in [3.8, 4) is 10.6 Å². The number of nitrogens with zero attached hydrogens (tertiary/aromatic N) is 2. The number of aromatic amines is 1. The van der Waals surface area contributed by atoms with Gasteiger partial charge >= 0.3 is 0 Å². The fourth-order valence-corrected chi connectivity index (χ4v) is 3.19. The molecular formula is C14H17N3O2S. The van der Waals surface area contributed by atoms with E-state index in [1.165, 1.54) is 0 Å². The second-order valence-electron chi connectivity index (χ2n) is 5.11. The molecule has 0 aromatic carbocycles. The van der Waals surface area contributed by atoms with Gasteiger partial charge in [0, 0.05) is 13.1 Å². The molecule has 5 nitrogen and oxygen atoms in total. The summed E-state index contributed by atoms with van der Waals surface area (Å²) in [4.78, 5) is 15.4. The highest BCUT2D eigenvalue weighted by molar-refractivity contribution is 7.13. The number of hydrogen-bond donors (Lipinski definition) is 1. The molecule has 2 unspecified atom stereocenters. The molecule has 1 saturated heterocycles. The summed E-state index contributed by atoms with van der Waals surface area (Å²) in [6.45, 7) is 5.20. The summed E-state index contributed by atoms with van der Waals surface area (Å²) in [6.07, 6.45) is 0.136. The average Bonchev–Trinajstić information content (AvgIpc) is 3.07. The third-order valence-electron chi connectivity index (χ3n) is 3.29. The van der Waals surface area contributed by atoms with Crippen LogP contribution in [0.3, 0.4) is 0 Å². The van der Waals surface area contributed by atoms with Crippen LogP contribution < -0.4 is 0 Å². The summed E-state index contributed by atoms with van der Waals surface area (Å²) in [5.74, 6) is -0.0361. The maximum atomic E-state index is 12.5. The van der Waals surface area contributed by atoms with Crippen LogP contribution in [-0.2, 0) is 4.74 Å². The van der Waals surface area contributed by atoms with Gasteiger partial charge in [0.2, 0.25) is 0 Å². The first-order chi connectivity index (χ1) is 9.63. The number of amides is 1. The first-order valence-electron chi connectivity index (χ1n) is 6.67. The van der Waals surface area contributed by atoms with Gasteiger partial charge in [0.1, 0.15) is 0 Å². The smallest absolute Gasteiger partial charge is 0.274 e. The number of morpholine rings is 1. The molecule has 6 heteroatoms. The van der Waals surface area contributed by atoms with E-state index < -0.39 is 0 Å². The number of hydrogen-bond acceptors (Lipinski definition) is 4. The molecule has 3 rings (SSSR count). The Morgan fingerprint density at radius 1 is 1.45 bits per heavy atom. The highest BCUT2D eigenvalue weighted by Crippen LogP contribution is 2.23. The lowest BCUT2D eigenvalue weighted by molar-refractivity contribution is -0.0587. The lowest BCUT2D eigenvalue weighted by Gasteiger charge is -2.34. The third kappa shape index (κ3) is 2.62. The first-order valence-corrected chi connectivity index (χ1v) is 7.55. The van der Waals surface area contributed by atoms with E-state index in [1.807, 2.05) is 42.3 Å². The van der Waals surface area contributed by atoms with Crippen molar-refractivity contribution < 1.29 is 9.53 Å². The minimum atomic E-state index is -0.0361. The molecule has 2 atom stereocenters. The molecular weight excluding hydrogens is 274 g/mol.